The second-order valence-corrected chi connectivity index (χ2v) is 6.72. The van der Waals surface area contributed by atoms with Crippen molar-refractivity contribution in [3.63, 3.8) is 0 Å². The monoisotopic (exact) mass is 332 g/mol. The van der Waals surface area contributed by atoms with Crippen molar-refractivity contribution in [1.29, 1.82) is 0 Å². The van der Waals surface area contributed by atoms with E-state index in [2.05, 4.69) is 58.5 Å². The first-order valence-corrected chi connectivity index (χ1v) is 9.04. The normalized spacial score (nSPS) is 17.3. The topological polar surface area (TPSA) is 41.1 Å². The Labute approximate surface area is 148 Å². The first-order chi connectivity index (χ1) is 12.3. The van der Waals surface area contributed by atoms with Crippen molar-refractivity contribution in [1.82, 2.24) is 20.2 Å². The van der Waals surface area contributed by atoms with Crippen molar-refractivity contribution in [3.05, 3.63) is 71.7 Å². The van der Waals surface area contributed by atoms with E-state index in [0.717, 1.165) is 43.8 Å². The number of hydrogen-bond acceptors (Lipinski definition) is 4. The molecule has 128 valence electrons. The molecule has 25 heavy (non-hydrogen) atoms. The fourth-order valence-electron chi connectivity index (χ4n) is 3.67. The number of benzene rings is 1. The van der Waals surface area contributed by atoms with Crippen LogP contribution in [0, 0.1) is 6.92 Å². The average Bonchev–Trinajstić information content (AvgIpc) is 2.93. The number of hydrogen-bond donors (Lipinski definition) is 1. The molecule has 0 aliphatic carbocycles. The molecule has 1 aliphatic rings. The van der Waals surface area contributed by atoms with E-state index in [1.165, 1.54) is 16.5 Å². The maximum absolute atomic E-state index is 4.79. The first kappa shape index (κ1) is 16.2. The highest BCUT2D eigenvalue weighted by atomic mass is 15.2. The van der Waals surface area contributed by atoms with Gasteiger partial charge in [0.05, 0.1) is 17.3 Å². The largest absolute Gasteiger partial charge is 0.315 e. The average molecular weight is 332 g/mol. The number of nitrogens with zero attached hydrogens (tertiary/aromatic N) is 3. The van der Waals surface area contributed by atoms with E-state index < -0.39 is 0 Å². The number of para-hydroxylation sites is 1. The van der Waals surface area contributed by atoms with Gasteiger partial charge in [0.2, 0.25) is 0 Å². The van der Waals surface area contributed by atoms with Crippen LogP contribution in [0.2, 0.25) is 0 Å². The second-order valence-electron chi connectivity index (χ2n) is 6.72. The summed E-state index contributed by atoms with van der Waals surface area (Å²) in [5, 5.41) is 4.72. The zero-order chi connectivity index (χ0) is 17.1. The summed E-state index contributed by atoms with van der Waals surface area (Å²) >= 11 is 0. The van der Waals surface area contributed by atoms with Crippen molar-refractivity contribution >= 4 is 10.9 Å². The number of fused-ring (bicyclic) bond motifs is 1. The Morgan fingerprint density at radius 2 is 1.92 bits per heavy atom. The van der Waals surface area contributed by atoms with Gasteiger partial charge in [-0.15, -0.1) is 0 Å². The van der Waals surface area contributed by atoms with E-state index in [0.29, 0.717) is 0 Å². The van der Waals surface area contributed by atoms with Gasteiger partial charge in [-0.3, -0.25) is 14.9 Å². The van der Waals surface area contributed by atoms with E-state index in [9.17, 15) is 0 Å². The third kappa shape index (κ3) is 3.41. The van der Waals surface area contributed by atoms with Gasteiger partial charge in [-0.1, -0.05) is 24.3 Å². The molecule has 0 radical (unpaired) electrons. The minimum Gasteiger partial charge on any atom is -0.315 e. The Hall–Kier alpha value is -2.30. The van der Waals surface area contributed by atoms with Crippen LogP contribution in [0.1, 0.15) is 29.3 Å². The van der Waals surface area contributed by atoms with Gasteiger partial charge in [-0.05, 0) is 49.2 Å². The van der Waals surface area contributed by atoms with Gasteiger partial charge in [0.25, 0.3) is 0 Å². The third-order valence-corrected chi connectivity index (χ3v) is 4.93. The van der Waals surface area contributed by atoms with Crippen LogP contribution in [-0.2, 0) is 0 Å². The smallest absolute Gasteiger partial charge is 0.0784 e. The quantitative estimate of drug-likeness (QED) is 0.799. The minimum absolute atomic E-state index is 0.161. The van der Waals surface area contributed by atoms with Crippen molar-refractivity contribution in [3.8, 4) is 0 Å². The molecule has 0 bridgehead atoms. The van der Waals surface area contributed by atoms with Gasteiger partial charge in [0.1, 0.15) is 0 Å². The predicted molar refractivity (Wildman–Crippen MR) is 102 cm³/mol. The number of aromatic nitrogens is 2. The van der Waals surface area contributed by atoms with E-state index in [1.807, 2.05) is 18.5 Å². The summed E-state index contributed by atoms with van der Waals surface area (Å²) in [7, 11) is 0. The Morgan fingerprint density at radius 1 is 1.00 bits per heavy atom. The van der Waals surface area contributed by atoms with Crippen molar-refractivity contribution in [2.75, 3.05) is 26.2 Å². The molecule has 0 amide bonds. The first-order valence-electron chi connectivity index (χ1n) is 9.04. The van der Waals surface area contributed by atoms with Gasteiger partial charge in [-0.25, -0.2) is 0 Å². The molecule has 2 aromatic heterocycles. The molecule has 0 spiro atoms. The molecule has 1 atom stereocenters. The molecule has 4 heteroatoms. The molecule has 1 aromatic carbocycles. The number of rotatable bonds is 3. The van der Waals surface area contributed by atoms with Gasteiger partial charge in [0, 0.05) is 37.4 Å². The van der Waals surface area contributed by atoms with Gasteiger partial charge >= 0.3 is 0 Å². The lowest BCUT2D eigenvalue weighted by atomic mass is 9.97. The number of pyridine rings is 2. The number of aryl methyl sites for hydroxylation is 1. The number of nitrogens with one attached hydrogen (secondary N) is 1. The summed E-state index contributed by atoms with van der Waals surface area (Å²) in [5.74, 6) is 0. The lowest BCUT2D eigenvalue weighted by Gasteiger charge is -2.31. The molecule has 1 saturated heterocycles. The summed E-state index contributed by atoms with van der Waals surface area (Å²) < 4.78 is 0. The highest BCUT2D eigenvalue weighted by Crippen LogP contribution is 2.32. The molecular formula is C21H24N4. The van der Waals surface area contributed by atoms with Crippen LogP contribution in [0.3, 0.4) is 0 Å². The molecule has 3 aromatic rings. The molecule has 1 unspecified atom stereocenters. The summed E-state index contributed by atoms with van der Waals surface area (Å²) in [6.45, 7) is 6.29. The Balaban J connectivity index is 1.85. The Morgan fingerprint density at radius 3 is 2.80 bits per heavy atom. The van der Waals surface area contributed by atoms with Gasteiger partial charge < -0.3 is 5.32 Å². The highest BCUT2D eigenvalue weighted by Gasteiger charge is 2.25. The lowest BCUT2D eigenvalue weighted by molar-refractivity contribution is 0.238. The summed E-state index contributed by atoms with van der Waals surface area (Å²) in [5.41, 5.74) is 4.65. The van der Waals surface area contributed by atoms with Crippen LogP contribution in [0.4, 0.5) is 0 Å². The standard InChI is InChI=1S/C21H24N4/c1-16-7-8-20(24-15-16)21(25-13-4-10-22-12-14-25)18-9-11-23-19-6-3-2-5-17(18)19/h2-3,5-9,11,15,21-22H,4,10,12-14H2,1H3. The zero-order valence-electron chi connectivity index (χ0n) is 14.7. The van der Waals surface area contributed by atoms with Crippen LogP contribution >= 0.6 is 0 Å². The molecule has 1 aliphatic heterocycles. The van der Waals surface area contributed by atoms with Crippen molar-refractivity contribution in [2.24, 2.45) is 0 Å². The molecule has 0 saturated carbocycles. The van der Waals surface area contributed by atoms with Gasteiger partial charge in [0.15, 0.2) is 0 Å². The van der Waals surface area contributed by atoms with Crippen LogP contribution in [-0.4, -0.2) is 41.0 Å². The Bertz CT molecular complexity index is 831. The molecule has 1 fully saturated rings. The van der Waals surface area contributed by atoms with E-state index in [4.69, 9.17) is 4.98 Å². The lowest BCUT2D eigenvalue weighted by Crippen LogP contribution is -2.33. The van der Waals surface area contributed by atoms with Crippen molar-refractivity contribution in [2.45, 2.75) is 19.4 Å². The maximum Gasteiger partial charge on any atom is 0.0784 e. The van der Waals surface area contributed by atoms with E-state index >= 15 is 0 Å². The van der Waals surface area contributed by atoms with Crippen LogP contribution in [0.25, 0.3) is 10.9 Å². The summed E-state index contributed by atoms with van der Waals surface area (Å²) in [4.78, 5) is 11.9. The SMILES string of the molecule is Cc1ccc(C(c2ccnc3ccccc23)N2CCCNCC2)nc1. The van der Waals surface area contributed by atoms with E-state index in [1.54, 1.807) is 0 Å². The van der Waals surface area contributed by atoms with Crippen LogP contribution in [0.15, 0.2) is 54.9 Å². The fraction of sp³-hybridized carbons (Fsp3) is 0.333. The second kappa shape index (κ2) is 7.30. The van der Waals surface area contributed by atoms with E-state index in [-0.39, 0.29) is 6.04 Å². The summed E-state index contributed by atoms with van der Waals surface area (Å²) in [6, 6.07) is 15.1. The van der Waals surface area contributed by atoms with Crippen LogP contribution in [0.5, 0.6) is 0 Å². The van der Waals surface area contributed by atoms with Crippen molar-refractivity contribution < 1.29 is 0 Å². The molecule has 1 N–H and O–H groups in total. The highest BCUT2D eigenvalue weighted by molar-refractivity contribution is 5.82. The Kier molecular flexibility index (Phi) is 4.72. The zero-order valence-corrected chi connectivity index (χ0v) is 14.7. The minimum atomic E-state index is 0.161. The summed E-state index contributed by atoms with van der Waals surface area (Å²) in [6.07, 6.45) is 5.06. The third-order valence-electron chi connectivity index (χ3n) is 4.93. The molecular weight excluding hydrogens is 308 g/mol. The van der Waals surface area contributed by atoms with Crippen LogP contribution < -0.4 is 5.32 Å². The molecule has 3 heterocycles. The maximum atomic E-state index is 4.79. The predicted octanol–water partition coefficient (Wildman–Crippen LogP) is 3.32. The molecule has 4 nitrogen and oxygen atoms in total. The van der Waals surface area contributed by atoms with Gasteiger partial charge in [-0.2, -0.15) is 0 Å². The molecule has 4 rings (SSSR count). The fourth-order valence-corrected chi connectivity index (χ4v) is 3.67.